The molecule has 0 saturated carbocycles. The SMILES string of the molecule is CNc1nc(NCC(O)CO)nc(-n2cncn2)n1. The second-order valence-electron chi connectivity index (χ2n) is 3.59. The van der Waals surface area contributed by atoms with Crippen LogP contribution in [0.1, 0.15) is 0 Å². The molecule has 0 aliphatic heterocycles. The standard InChI is InChI=1S/C9H14N8O2/c1-10-7-14-8(12-2-6(19)3-18)16-9(15-7)17-5-11-4-13-17/h4-6,18-19H,2-3H2,1H3,(H2,10,12,14,15,16). The molecule has 0 saturated heterocycles. The van der Waals surface area contributed by atoms with Gasteiger partial charge in [-0.15, -0.1) is 0 Å². The topological polar surface area (TPSA) is 134 Å². The molecule has 0 aliphatic rings. The zero-order chi connectivity index (χ0) is 13.7. The minimum atomic E-state index is -0.885. The van der Waals surface area contributed by atoms with Gasteiger partial charge in [-0.3, -0.25) is 0 Å². The molecule has 19 heavy (non-hydrogen) atoms. The molecule has 0 radical (unpaired) electrons. The Morgan fingerprint density at radius 3 is 2.74 bits per heavy atom. The first-order valence-corrected chi connectivity index (χ1v) is 5.54. The highest BCUT2D eigenvalue weighted by Crippen LogP contribution is 2.07. The number of anilines is 2. The largest absolute Gasteiger partial charge is 0.394 e. The number of aliphatic hydroxyl groups is 2. The molecular weight excluding hydrogens is 252 g/mol. The minimum absolute atomic E-state index is 0.125. The maximum Gasteiger partial charge on any atom is 0.258 e. The third-order valence-corrected chi connectivity index (χ3v) is 2.18. The lowest BCUT2D eigenvalue weighted by molar-refractivity contribution is 0.105. The van der Waals surface area contributed by atoms with Crippen LogP contribution in [0.3, 0.4) is 0 Å². The van der Waals surface area contributed by atoms with Gasteiger partial charge in [0.15, 0.2) is 0 Å². The van der Waals surface area contributed by atoms with Crippen molar-refractivity contribution in [2.45, 2.75) is 6.10 Å². The molecule has 0 bridgehead atoms. The molecule has 0 amide bonds. The Morgan fingerprint density at radius 2 is 2.11 bits per heavy atom. The number of aromatic nitrogens is 6. The highest BCUT2D eigenvalue weighted by Gasteiger charge is 2.09. The summed E-state index contributed by atoms with van der Waals surface area (Å²) in [5.74, 6) is 0.900. The van der Waals surface area contributed by atoms with Gasteiger partial charge < -0.3 is 20.8 Å². The maximum atomic E-state index is 9.27. The van der Waals surface area contributed by atoms with E-state index in [2.05, 4.69) is 35.7 Å². The summed E-state index contributed by atoms with van der Waals surface area (Å²) in [4.78, 5) is 16.1. The highest BCUT2D eigenvalue weighted by molar-refractivity contribution is 5.37. The molecule has 10 heteroatoms. The van der Waals surface area contributed by atoms with Crippen molar-refractivity contribution < 1.29 is 10.2 Å². The van der Waals surface area contributed by atoms with E-state index in [-0.39, 0.29) is 25.0 Å². The van der Waals surface area contributed by atoms with Crippen LogP contribution in [0, 0.1) is 0 Å². The van der Waals surface area contributed by atoms with E-state index in [4.69, 9.17) is 5.11 Å². The lowest BCUT2D eigenvalue weighted by Gasteiger charge is -2.10. The quantitative estimate of drug-likeness (QED) is 0.480. The van der Waals surface area contributed by atoms with E-state index in [9.17, 15) is 5.11 Å². The predicted molar refractivity (Wildman–Crippen MR) is 65.9 cm³/mol. The lowest BCUT2D eigenvalue weighted by atomic mass is 10.4. The number of rotatable bonds is 6. The molecular formula is C9H14N8O2. The van der Waals surface area contributed by atoms with Crippen molar-refractivity contribution >= 4 is 11.9 Å². The summed E-state index contributed by atoms with van der Waals surface area (Å²) in [6.07, 6.45) is 1.94. The molecule has 2 aromatic heterocycles. The summed E-state index contributed by atoms with van der Waals surface area (Å²) in [6, 6.07) is 0. The summed E-state index contributed by atoms with van der Waals surface area (Å²) in [5.41, 5.74) is 0. The van der Waals surface area contributed by atoms with E-state index < -0.39 is 6.10 Å². The van der Waals surface area contributed by atoms with Crippen molar-refractivity contribution in [1.82, 2.24) is 29.7 Å². The summed E-state index contributed by atoms with van der Waals surface area (Å²) in [6.45, 7) is -0.215. The predicted octanol–water partition coefficient (Wildman–Crippen LogP) is -1.74. The molecule has 102 valence electrons. The zero-order valence-electron chi connectivity index (χ0n) is 10.2. The van der Waals surface area contributed by atoms with Crippen molar-refractivity contribution in [3.8, 4) is 5.95 Å². The van der Waals surface area contributed by atoms with E-state index in [0.29, 0.717) is 5.95 Å². The van der Waals surface area contributed by atoms with Crippen LogP contribution in [0.15, 0.2) is 12.7 Å². The van der Waals surface area contributed by atoms with Gasteiger partial charge >= 0.3 is 0 Å². The van der Waals surface area contributed by atoms with E-state index in [1.54, 1.807) is 7.05 Å². The van der Waals surface area contributed by atoms with Gasteiger partial charge in [-0.05, 0) is 0 Å². The first-order valence-electron chi connectivity index (χ1n) is 5.54. The second kappa shape index (κ2) is 6.02. The maximum absolute atomic E-state index is 9.27. The monoisotopic (exact) mass is 266 g/mol. The third-order valence-electron chi connectivity index (χ3n) is 2.18. The van der Waals surface area contributed by atoms with Crippen molar-refractivity contribution in [3.63, 3.8) is 0 Å². The van der Waals surface area contributed by atoms with Gasteiger partial charge in [0.05, 0.1) is 12.7 Å². The summed E-state index contributed by atoms with van der Waals surface area (Å²) in [7, 11) is 1.67. The summed E-state index contributed by atoms with van der Waals surface area (Å²) in [5, 5.41) is 27.5. The van der Waals surface area contributed by atoms with Crippen LogP contribution >= 0.6 is 0 Å². The van der Waals surface area contributed by atoms with Crippen LogP contribution in [0.4, 0.5) is 11.9 Å². The van der Waals surface area contributed by atoms with Gasteiger partial charge in [0, 0.05) is 13.6 Å². The van der Waals surface area contributed by atoms with Crippen LogP contribution in [-0.4, -0.2) is 66.2 Å². The number of nitrogens with one attached hydrogen (secondary N) is 2. The Bertz CT molecular complexity index is 517. The van der Waals surface area contributed by atoms with Gasteiger partial charge in [-0.25, -0.2) is 4.98 Å². The van der Waals surface area contributed by atoms with Gasteiger partial charge in [0.25, 0.3) is 5.95 Å². The van der Waals surface area contributed by atoms with Crippen LogP contribution < -0.4 is 10.6 Å². The van der Waals surface area contributed by atoms with Crippen molar-refractivity contribution in [2.75, 3.05) is 30.8 Å². The molecule has 2 rings (SSSR count). The van der Waals surface area contributed by atoms with E-state index in [1.165, 1.54) is 17.3 Å². The highest BCUT2D eigenvalue weighted by atomic mass is 16.3. The fraction of sp³-hybridized carbons (Fsp3) is 0.444. The van der Waals surface area contributed by atoms with E-state index in [1.807, 2.05) is 0 Å². The molecule has 2 heterocycles. The van der Waals surface area contributed by atoms with Gasteiger partial charge in [0.2, 0.25) is 11.9 Å². The van der Waals surface area contributed by atoms with Gasteiger partial charge in [0.1, 0.15) is 12.7 Å². The van der Waals surface area contributed by atoms with E-state index in [0.717, 1.165) is 0 Å². The summed E-state index contributed by atoms with van der Waals surface area (Å²) >= 11 is 0. The fourth-order valence-electron chi connectivity index (χ4n) is 1.24. The second-order valence-corrected chi connectivity index (χ2v) is 3.59. The molecule has 4 N–H and O–H groups in total. The number of nitrogens with zero attached hydrogens (tertiary/aromatic N) is 6. The Morgan fingerprint density at radius 1 is 1.32 bits per heavy atom. The average Bonchev–Trinajstić information content (AvgIpc) is 2.98. The average molecular weight is 266 g/mol. The number of hydrogen-bond donors (Lipinski definition) is 4. The van der Waals surface area contributed by atoms with Gasteiger partial charge in [-0.2, -0.15) is 24.7 Å². The summed E-state index contributed by atoms with van der Waals surface area (Å²) < 4.78 is 1.39. The molecule has 2 aromatic rings. The number of hydrogen-bond acceptors (Lipinski definition) is 9. The Kier molecular flexibility index (Phi) is 4.15. The van der Waals surface area contributed by atoms with Crippen molar-refractivity contribution in [2.24, 2.45) is 0 Å². The molecule has 0 spiro atoms. The zero-order valence-corrected chi connectivity index (χ0v) is 10.2. The Labute approximate surface area is 108 Å². The van der Waals surface area contributed by atoms with Gasteiger partial charge in [-0.1, -0.05) is 0 Å². The molecule has 1 atom stereocenters. The molecule has 10 nitrogen and oxygen atoms in total. The molecule has 1 unspecified atom stereocenters. The van der Waals surface area contributed by atoms with Crippen molar-refractivity contribution in [1.29, 1.82) is 0 Å². The normalized spacial score (nSPS) is 12.2. The number of aliphatic hydroxyl groups excluding tert-OH is 2. The van der Waals surface area contributed by atoms with Crippen molar-refractivity contribution in [3.05, 3.63) is 12.7 Å². The lowest BCUT2D eigenvalue weighted by Crippen LogP contribution is -2.24. The third kappa shape index (κ3) is 3.33. The van der Waals surface area contributed by atoms with Crippen LogP contribution in [0.25, 0.3) is 5.95 Å². The molecule has 0 fully saturated rings. The first kappa shape index (κ1) is 13.1. The fourth-order valence-corrected chi connectivity index (χ4v) is 1.24. The molecule has 0 aliphatic carbocycles. The van der Waals surface area contributed by atoms with E-state index >= 15 is 0 Å². The Hall–Kier alpha value is -2.33. The minimum Gasteiger partial charge on any atom is -0.394 e. The molecule has 0 aromatic carbocycles. The van der Waals surface area contributed by atoms with Crippen LogP contribution in [0.5, 0.6) is 0 Å². The smallest absolute Gasteiger partial charge is 0.258 e. The van der Waals surface area contributed by atoms with Crippen LogP contribution in [-0.2, 0) is 0 Å². The first-order chi connectivity index (χ1) is 9.22. The van der Waals surface area contributed by atoms with Crippen LogP contribution in [0.2, 0.25) is 0 Å². The Balaban J connectivity index is 2.21.